The number of carbonyl (C=O) groups is 3. The molecule has 1 aliphatic heterocycles. The Kier molecular flexibility index (Phi) is 7.43. The molecule has 2 amide bonds. The number of hydrogen-bond donors (Lipinski definition) is 2. The maximum atomic E-state index is 12.8. The summed E-state index contributed by atoms with van der Waals surface area (Å²) < 4.78 is 5.65. The van der Waals surface area contributed by atoms with Gasteiger partial charge >= 0.3 is 12.1 Å². The molecular formula is C28H34N2O5. The average Bonchev–Trinajstić information content (AvgIpc) is 3.15. The van der Waals surface area contributed by atoms with Gasteiger partial charge in [-0.3, -0.25) is 9.59 Å². The van der Waals surface area contributed by atoms with Gasteiger partial charge in [-0.25, -0.2) is 4.79 Å². The lowest BCUT2D eigenvalue weighted by atomic mass is 9.95. The van der Waals surface area contributed by atoms with Crippen LogP contribution in [-0.2, 0) is 14.3 Å². The van der Waals surface area contributed by atoms with E-state index in [4.69, 9.17) is 9.84 Å². The van der Waals surface area contributed by atoms with Crippen LogP contribution in [0.2, 0.25) is 0 Å². The van der Waals surface area contributed by atoms with Crippen LogP contribution in [0.15, 0.2) is 48.5 Å². The van der Waals surface area contributed by atoms with E-state index < -0.39 is 17.6 Å². The fourth-order valence-corrected chi connectivity index (χ4v) is 5.28. The number of fused-ring (bicyclic) bond motifs is 3. The Bertz CT molecular complexity index is 1050. The van der Waals surface area contributed by atoms with E-state index in [-0.39, 0.29) is 37.3 Å². The molecule has 1 aliphatic carbocycles. The van der Waals surface area contributed by atoms with Crippen LogP contribution in [0.5, 0.6) is 0 Å². The Labute approximate surface area is 206 Å². The molecule has 7 nitrogen and oxygen atoms in total. The molecule has 0 unspecified atom stereocenters. The summed E-state index contributed by atoms with van der Waals surface area (Å²) in [7, 11) is 0. The van der Waals surface area contributed by atoms with E-state index in [1.54, 1.807) is 4.90 Å². The minimum atomic E-state index is -0.882. The summed E-state index contributed by atoms with van der Waals surface area (Å²) in [6.07, 6.45) is 2.71. The summed E-state index contributed by atoms with van der Waals surface area (Å²) in [5.41, 5.74) is 4.02. The first-order chi connectivity index (χ1) is 16.7. The van der Waals surface area contributed by atoms with Crippen molar-refractivity contribution in [3.63, 3.8) is 0 Å². The van der Waals surface area contributed by atoms with Crippen molar-refractivity contribution in [2.75, 3.05) is 13.2 Å². The number of amides is 2. The number of nitrogens with zero attached hydrogens (tertiary/aromatic N) is 1. The van der Waals surface area contributed by atoms with Crippen molar-refractivity contribution in [1.29, 1.82) is 0 Å². The number of likely N-dealkylation sites (tertiary alicyclic amines) is 1. The van der Waals surface area contributed by atoms with Crippen molar-refractivity contribution in [3.05, 3.63) is 59.7 Å². The second kappa shape index (κ2) is 10.5. The number of aliphatic carboxylic acids is 1. The number of rotatable bonds is 8. The van der Waals surface area contributed by atoms with E-state index in [9.17, 15) is 14.4 Å². The molecule has 7 heteroatoms. The third kappa shape index (κ3) is 5.84. The maximum Gasteiger partial charge on any atom is 0.407 e. The number of carboxylic acid groups (broad SMARTS) is 1. The number of ether oxygens (including phenoxy) is 1. The molecule has 35 heavy (non-hydrogen) atoms. The molecule has 2 aliphatic rings. The molecule has 2 N–H and O–H groups in total. The smallest absolute Gasteiger partial charge is 0.407 e. The van der Waals surface area contributed by atoms with E-state index >= 15 is 0 Å². The first-order valence-corrected chi connectivity index (χ1v) is 12.4. The molecule has 0 saturated carbocycles. The number of hydrogen-bond acceptors (Lipinski definition) is 4. The standard InChI is InChI=1S/C28H34N2O5/c1-28(2,15-14-25(31)30-16-8-7-9-19(30)17-26(32)33)29-27(34)35-18-24-22-12-5-3-10-20(22)21-11-4-6-13-23(21)24/h3-6,10-13,19,24H,7-9,14-18H2,1-2H3,(H,29,34)(H,32,33)/t19-/m0/s1. The van der Waals surface area contributed by atoms with Crippen LogP contribution in [0, 0.1) is 0 Å². The van der Waals surface area contributed by atoms with Gasteiger partial charge < -0.3 is 20.1 Å². The van der Waals surface area contributed by atoms with Gasteiger partial charge in [0.25, 0.3) is 0 Å². The van der Waals surface area contributed by atoms with E-state index in [2.05, 4.69) is 29.6 Å². The number of piperidine rings is 1. The molecule has 1 fully saturated rings. The maximum absolute atomic E-state index is 12.8. The van der Waals surface area contributed by atoms with E-state index in [0.717, 1.165) is 30.4 Å². The Morgan fingerprint density at radius 3 is 2.29 bits per heavy atom. The van der Waals surface area contributed by atoms with Gasteiger partial charge in [0.1, 0.15) is 6.61 Å². The van der Waals surface area contributed by atoms with Crippen LogP contribution in [0.3, 0.4) is 0 Å². The topological polar surface area (TPSA) is 95.9 Å². The van der Waals surface area contributed by atoms with Crippen molar-refractivity contribution < 1.29 is 24.2 Å². The highest BCUT2D eigenvalue weighted by molar-refractivity contribution is 5.79. The van der Waals surface area contributed by atoms with Crippen LogP contribution in [0.4, 0.5) is 4.79 Å². The zero-order valence-electron chi connectivity index (χ0n) is 20.5. The number of carboxylic acids is 1. The van der Waals surface area contributed by atoms with Gasteiger partial charge in [-0.2, -0.15) is 0 Å². The average molecular weight is 479 g/mol. The lowest BCUT2D eigenvalue weighted by Crippen LogP contribution is -2.47. The molecule has 186 valence electrons. The lowest BCUT2D eigenvalue weighted by Gasteiger charge is -2.36. The van der Waals surface area contributed by atoms with Gasteiger partial charge in [-0.15, -0.1) is 0 Å². The quantitative estimate of drug-likeness (QED) is 0.560. The zero-order valence-corrected chi connectivity index (χ0v) is 20.5. The summed E-state index contributed by atoms with van der Waals surface area (Å²) in [6.45, 7) is 4.57. The summed E-state index contributed by atoms with van der Waals surface area (Å²) >= 11 is 0. The molecule has 0 spiro atoms. The second-order valence-corrected chi connectivity index (χ2v) is 10.2. The molecule has 0 bridgehead atoms. The first-order valence-electron chi connectivity index (χ1n) is 12.4. The summed E-state index contributed by atoms with van der Waals surface area (Å²) in [5, 5.41) is 12.1. The predicted octanol–water partition coefficient (Wildman–Crippen LogP) is 4.94. The molecule has 4 rings (SSSR count). The normalized spacial score (nSPS) is 17.4. The predicted molar refractivity (Wildman–Crippen MR) is 133 cm³/mol. The van der Waals surface area contributed by atoms with Crippen molar-refractivity contribution in [3.8, 4) is 11.1 Å². The lowest BCUT2D eigenvalue weighted by molar-refractivity contribution is -0.142. The molecule has 1 atom stereocenters. The van der Waals surface area contributed by atoms with E-state index in [1.165, 1.54) is 11.1 Å². The fraction of sp³-hybridized carbons (Fsp3) is 0.464. The Morgan fingerprint density at radius 1 is 1.03 bits per heavy atom. The van der Waals surface area contributed by atoms with Crippen molar-refractivity contribution in [2.45, 2.75) is 69.9 Å². The third-order valence-electron chi connectivity index (χ3n) is 7.11. The number of benzene rings is 2. The van der Waals surface area contributed by atoms with Crippen molar-refractivity contribution in [1.82, 2.24) is 10.2 Å². The van der Waals surface area contributed by atoms with Gasteiger partial charge in [0.15, 0.2) is 0 Å². The van der Waals surface area contributed by atoms with E-state index in [0.29, 0.717) is 13.0 Å². The number of carbonyl (C=O) groups excluding carboxylic acids is 2. The third-order valence-corrected chi connectivity index (χ3v) is 7.11. The van der Waals surface area contributed by atoms with Crippen LogP contribution >= 0.6 is 0 Å². The summed E-state index contributed by atoms with van der Waals surface area (Å²) in [4.78, 5) is 38.4. The summed E-state index contributed by atoms with van der Waals surface area (Å²) in [6, 6.07) is 16.1. The minimum Gasteiger partial charge on any atom is -0.481 e. The number of alkyl carbamates (subject to hydrolysis) is 1. The Balaban J connectivity index is 1.30. The van der Waals surface area contributed by atoms with Crippen LogP contribution in [-0.4, -0.2) is 52.7 Å². The van der Waals surface area contributed by atoms with Crippen molar-refractivity contribution >= 4 is 18.0 Å². The Hall–Kier alpha value is -3.35. The largest absolute Gasteiger partial charge is 0.481 e. The zero-order chi connectivity index (χ0) is 25.0. The van der Waals surface area contributed by atoms with E-state index in [1.807, 2.05) is 38.1 Å². The molecule has 0 aromatic heterocycles. The SMILES string of the molecule is CC(C)(CCC(=O)N1CCCC[C@H]1CC(=O)O)NC(=O)OCC1c2ccccc2-c2ccccc21. The molecule has 2 aromatic carbocycles. The fourth-order valence-electron chi connectivity index (χ4n) is 5.28. The van der Waals surface area contributed by atoms with Crippen molar-refractivity contribution in [2.24, 2.45) is 0 Å². The molecular weight excluding hydrogens is 444 g/mol. The molecule has 2 aromatic rings. The minimum absolute atomic E-state index is 0.0110. The van der Waals surface area contributed by atoms with Gasteiger partial charge in [-0.05, 0) is 61.8 Å². The van der Waals surface area contributed by atoms with Gasteiger partial charge in [0.2, 0.25) is 5.91 Å². The highest BCUT2D eigenvalue weighted by Gasteiger charge is 2.32. The van der Waals surface area contributed by atoms with Crippen LogP contribution in [0.1, 0.15) is 69.4 Å². The second-order valence-electron chi connectivity index (χ2n) is 10.2. The molecule has 0 radical (unpaired) electrons. The van der Waals surface area contributed by atoms with Gasteiger partial charge in [-0.1, -0.05) is 48.5 Å². The molecule has 1 saturated heterocycles. The highest BCUT2D eigenvalue weighted by Crippen LogP contribution is 2.44. The van der Waals surface area contributed by atoms with Gasteiger partial charge in [0.05, 0.1) is 6.42 Å². The van der Waals surface area contributed by atoms with Gasteiger partial charge in [0, 0.05) is 30.5 Å². The van der Waals surface area contributed by atoms with Crippen LogP contribution < -0.4 is 5.32 Å². The van der Waals surface area contributed by atoms with Crippen LogP contribution in [0.25, 0.3) is 11.1 Å². The molecule has 1 heterocycles. The highest BCUT2D eigenvalue weighted by atomic mass is 16.5. The number of nitrogens with one attached hydrogen (secondary N) is 1. The Morgan fingerprint density at radius 2 is 1.66 bits per heavy atom. The monoisotopic (exact) mass is 478 g/mol. The summed E-state index contributed by atoms with van der Waals surface area (Å²) in [5.74, 6) is -0.951. The first kappa shape index (κ1) is 24.8.